The van der Waals surface area contributed by atoms with Gasteiger partial charge in [0.1, 0.15) is 0 Å². The van der Waals surface area contributed by atoms with Crippen molar-refractivity contribution in [3.63, 3.8) is 0 Å². The van der Waals surface area contributed by atoms with Crippen LogP contribution in [-0.2, 0) is 9.53 Å². The fraction of sp³-hybridized carbons (Fsp3) is 0.923. The van der Waals surface area contributed by atoms with Crippen molar-refractivity contribution in [1.29, 1.82) is 0 Å². The summed E-state index contributed by atoms with van der Waals surface area (Å²) in [5, 5.41) is 8.68. The van der Waals surface area contributed by atoms with E-state index in [1.807, 2.05) is 0 Å². The number of aliphatic carboxylic acids is 1. The molecule has 2 rings (SSSR count). The van der Waals surface area contributed by atoms with Crippen molar-refractivity contribution in [3.05, 3.63) is 0 Å². The lowest BCUT2D eigenvalue weighted by atomic mass is 9.90. The highest BCUT2D eigenvalue weighted by atomic mass is 16.5. The van der Waals surface area contributed by atoms with Crippen molar-refractivity contribution in [3.8, 4) is 0 Å². The van der Waals surface area contributed by atoms with Crippen LogP contribution in [0, 0.1) is 5.92 Å². The van der Waals surface area contributed by atoms with Crippen LogP contribution in [0.5, 0.6) is 0 Å². The fourth-order valence-electron chi connectivity index (χ4n) is 2.98. The van der Waals surface area contributed by atoms with Crippen LogP contribution in [0.4, 0.5) is 0 Å². The highest BCUT2D eigenvalue weighted by Gasteiger charge is 2.26. The standard InChI is InChI=1S/C13H23NO3/c15-13(16)2-1-11-3-7-14(8-4-11)12-5-9-17-10-6-12/h11-12H,1-10H2,(H,15,16). The molecule has 0 aromatic rings. The Labute approximate surface area is 103 Å². The van der Waals surface area contributed by atoms with Gasteiger partial charge in [-0.2, -0.15) is 0 Å². The van der Waals surface area contributed by atoms with Crippen LogP contribution in [0.1, 0.15) is 38.5 Å². The van der Waals surface area contributed by atoms with E-state index in [0.29, 0.717) is 18.4 Å². The van der Waals surface area contributed by atoms with Gasteiger partial charge >= 0.3 is 5.97 Å². The van der Waals surface area contributed by atoms with Crippen LogP contribution in [-0.4, -0.2) is 48.3 Å². The molecule has 2 saturated heterocycles. The summed E-state index contributed by atoms with van der Waals surface area (Å²) in [6, 6.07) is 0.712. The topological polar surface area (TPSA) is 49.8 Å². The van der Waals surface area contributed by atoms with Gasteiger partial charge in [-0.05, 0) is 51.1 Å². The summed E-state index contributed by atoms with van der Waals surface area (Å²) in [5.41, 5.74) is 0. The van der Waals surface area contributed by atoms with E-state index >= 15 is 0 Å². The fourth-order valence-corrected chi connectivity index (χ4v) is 2.98. The Balaban J connectivity index is 1.68. The van der Waals surface area contributed by atoms with E-state index in [-0.39, 0.29) is 0 Å². The minimum atomic E-state index is -0.656. The highest BCUT2D eigenvalue weighted by molar-refractivity contribution is 5.66. The van der Waals surface area contributed by atoms with Crippen LogP contribution >= 0.6 is 0 Å². The zero-order chi connectivity index (χ0) is 12.1. The Morgan fingerprint density at radius 3 is 2.41 bits per heavy atom. The predicted octanol–water partition coefficient (Wildman–Crippen LogP) is 1.74. The number of hydrogen-bond acceptors (Lipinski definition) is 3. The molecule has 0 radical (unpaired) electrons. The lowest BCUT2D eigenvalue weighted by Gasteiger charge is -2.39. The van der Waals surface area contributed by atoms with Gasteiger partial charge in [0, 0.05) is 25.7 Å². The normalized spacial score (nSPS) is 24.9. The summed E-state index contributed by atoms with van der Waals surface area (Å²) in [6.07, 6.45) is 5.87. The molecule has 17 heavy (non-hydrogen) atoms. The average molecular weight is 241 g/mol. The van der Waals surface area contributed by atoms with Gasteiger partial charge in [-0.15, -0.1) is 0 Å². The second-order valence-corrected chi connectivity index (χ2v) is 5.26. The zero-order valence-electron chi connectivity index (χ0n) is 10.4. The van der Waals surface area contributed by atoms with E-state index in [2.05, 4.69) is 4.90 Å². The van der Waals surface area contributed by atoms with E-state index < -0.39 is 5.97 Å². The largest absolute Gasteiger partial charge is 0.481 e. The summed E-state index contributed by atoms with van der Waals surface area (Å²) in [6.45, 7) is 4.11. The molecule has 1 N–H and O–H groups in total. The molecular weight excluding hydrogens is 218 g/mol. The third-order valence-electron chi connectivity index (χ3n) is 4.12. The summed E-state index contributed by atoms with van der Waals surface area (Å²) in [5.74, 6) is -0.0287. The number of carboxylic acids is 1. The van der Waals surface area contributed by atoms with Crippen molar-refractivity contribution < 1.29 is 14.6 Å². The van der Waals surface area contributed by atoms with E-state index in [1.54, 1.807) is 0 Å². The summed E-state index contributed by atoms with van der Waals surface area (Å²) >= 11 is 0. The van der Waals surface area contributed by atoms with Crippen molar-refractivity contribution in [1.82, 2.24) is 4.90 Å². The number of ether oxygens (including phenoxy) is 1. The number of piperidine rings is 1. The molecular formula is C13H23NO3. The average Bonchev–Trinajstić information content (AvgIpc) is 2.38. The predicted molar refractivity (Wildman–Crippen MR) is 65.0 cm³/mol. The third-order valence-corrected chi connectivity index (χ3v) is 4.12. The van der Waals surface area contributed by atoms with Gasteiger partial charge in [-0.1, -0.05) is 0 Å². The smallest absolute Gasteiger partial charge is 0.303 e. The molecule has 0 aliphatic carbocycles. The van der Waals surface area contributed by atoms with E-state index in [4.69, 9.17) is 9.84 Å². The quantitative estimate of drug-likeness (QED) is 0.814. The lowest BCUT2D eigenvalue weighted by molar-refractivity contribution is -0.137. The van der Waals surface area contributed by atoms with Crippen LogP contribution in [0.15, 0.2) is 0 Å². The highest BCUT2D eigenvalue weighted by Crippen LogP contribution is 2.25. The second kappa shape index (κ2) is 6.36. The molecule has 0 atom stereocenters. The van der Waals surface area contributed by atoms with Gasteiger partial charge in [0.05, 0.1) is 0 Å². The SMILES string of the molecule is O=C(O)CCC1CCN(C2CCOCC2)CC1. The monoisotopic (exact) mass is 241 g/mol. The molecule has 0 amide bonds. The van der Waals surface area contributed by atoms with Crippen LogP contribution in [0.25, 0.3) is 0 Å². The first-order valence-electron chi connectivity index (χ1n) is 6.79. The van der Waals surface area contributed by atoms with Gasteiger partial charge in [0.2, 0.25) is 0 Å². The molecule has 2 aliphatic rings. The second-order valence-electron chi connectivity index (χ2n) is 5.26. The van der Waals surface area contributed by atoms with Crippen molar-refractivity contribution >= 4 is 5.97 Å². The summed E-state index contributed by atoms with van der Waals surface area (Å²) in [4.78, 5) is 13.1. The van der Waals surface area contributed by atoms with E-state index in [9.17, 15) is 4.79 Å². The molecule has 2 heterocycles. The van der Waals surface area contributed by atoms with Crippen molar-refractivity contribution in [2.45, 2.75) is 44.6 Å². The number of hydrogen-bond donors (Lipinski definition) is 1. The molecule has 2 fully saturated rings. The first kappa shape index (κ1) is 12.8. The number of carboxylic acid groups (broad SMARTS) is 1. The van der Waals surface area contributed by atoms with Gasteiger partial charge < -0.3 is 14.7 Å². The van der Waals surface area contributed by atoms with Crippen LogP contribution in [0.2, 0.25) is 0 Å². The zero-order valence-corrected chi connectivity index (χ0v) is 10.4. The Morgan fingerprint density at radius 2 is 1.82 bits per heavy atom. The summed E-state index contributed by atoms with van der Waals surface area (Å²) in [7, 11) is 0. The number of rotatable bonds is 4. The molecule has 0 bridgehead atoms. The molecule has 4 heteroatoms. The minimum absolute atomic E-state index is 0.335. The van der Waals surface area contributed by atoms with E-state index in [0.717, 1.165) is 32.7 Å². The maximum atomic E-state index is 10.5. The Morgan fingerprint density at radius 1 is 1.18 bits per heavy atom. The maximum absolute atomic E-state index is 10.5. The van der Waals surface area contributed by atoms with Gasteiger partial charge in [-0.25, -0.2) is 0 Å². The molecule has 0 spiro atoms. The molecule has 98 valence electrons. The lowest BCUT2D eigenvalue weighted by Crippen LogP contribution is -2.44. The Hall–Kier alpha value is -0.610. The number of nitrogens with zero attached hydrogens (tertiary/aromatic N) is 1. The summed E-state index contributed by atoms with van der Waals surface area (Å²) < 4.78 is 5.38. The Kier molecular flexibility index (Phi) is 4.80. The number of likely N-dealkylation sites (tertiary alicyclic amines) is 1. The van der Waals surface area contributed by atoms with Crippen LogP contribution in [0.3, 0.4) is 0 Å². The Bertz CT molecular complexity index is 243. The molecule has 4 nitrogen and oxygen atoms in total. The van der Waals surface area contributed by atoms with Crippen molar-refractivity contribution in [2.75, 3.05) is 26.3 Å². The van der Waals surface area contributed by atoms with Crippen LogP contribution < -0.4 is 0 Å². The van der Waals surface area contributed by atoms with Gasteiger partial charge in [-0.3, -0.25) is 4.79 Å². The molecule has 0 aromatic carbocycles. The van der Waals surface area contributed by atoms with Crippen molar-refractivity contribution in [2.24, 2.45) is 5.92 Å². The maximum Gasteiger partial charge on any atom is 0.303 e. The molecule has 0 unspecified atom stereocenters. The van der Waals surface area contributed by atoms with E-state index in [1.165, 1.54) is 25.7 Å². The van der Waals surface area contributed by atoms with Gasteiger partial charge in [0.25, 0.3) is 0 Å². The minimum Gasteiger partial charge on any atom is -0.481 e. The molecule has 0 saturated carbocycles. The first-order valence-corrected chi connectivity index (χ1v) is 6.79. The third kappa shape index (κ3) is 3.96. The number of carbonyl (C=O) groups is 1. The molecule has 0 aromatic heterocycles. The van der Waals surface area contributed by atoms with Gasteiger partial charge in [0.15, 0.2) is 0 Å². The first-order chi connectivity index (χ1) is 8.25. The molecule has 2 aliphatic heterocycles.